The third-order valence-corrected chi connectivity index (χ3v) is 4.34. The molecule has 110 valence electrons. The highest BCUT2D eigenvalue weighted by Gasteiger charge is 2.24. The quantitative estimate of drug-likeness (QED) is 0.825. The molecule has 1 saturated heterocycles. The van der Waals surface area contributed by atoms with Crippen LogP contribution in [0.15, 0.2) is 30.7 Å². The lowest BCUT2D eigenvalue weighted by Gasteiger charge is -2.34. The van der Waals surface area contributed by atoms with E-state index in [1.165, 1.54) is 6.33 Å². The molecule has 1 unspecified atom stereocenters. The molecule has 0 saturated carbocycles. The first-order valence-corrected chi connectivity index (χ1v) is 7.55. The second-order valence-electron chi connectivity index (χ2n) is 4.67. The summed E-state index contributed by atoms with van der Waals surface area (Å²) in [6.45, 7) is 1.97. The van der Waals surface area contributed by atoms with Crippen LogP contribution >= 0.6 is 34.8 Å². The van der Waals surface area contributed by atoms with Gasteiger partial charge in [0.15, 0.2) is 5.82 Å². The predicted octanol–water partition coefficient (Wildman–Crippen LogP) is 4.01. The third-order valence-electron chi connectivity index (χ3n) is 3.33. The highest BCUT2D eigenvalue weighted by Crippen LogP contribution is 2.31. The smallest absolute Gasteiger partial charge is 0.151 e. The molecule has 4 nitrogen and oxygen atoms in total. The summed E-state index contributed by atoms with van der Waals surface area (Å²) in [7, 11) is 0. The van der Waals surface area contributed by atoms with E-state index in [9.17, 15) is 0 Å². The number of rotatable bonds is 2. The molecule has 3 rings (SSSR count). The van der Waals surface area contributed by atoms with E-state index in [-0.39, 0.29) is 6.10 Å². The number of anilines is 1. The zero-order valence-electron chi connectivity index (χ0n) is 11.0. The highest BCUT2D eigenvalue weighted by atomic mass is 35.5. The summed E-state index contributed by atoms with van der Waals surface area (Å²) in [5.41, 5.74) is 0.985. The molecule has 1 aromatic carbocycles. The van der Waals surface area contributed by atoms with Gasteiger partial charge in [0.05, 0.1) is 22.8 Å². The predicted molar refractivity (Wildman–Crippen MR) is 84.4 cm³/mol. The molecule has 0 N–H and O–H groups in total. The molecule has 0 amide bonds. The summed E-state index contributed by atoms with van der Waals surface area (Å²) < 4.78 is 5.82. The number of halogens is 3. The molecule has 1 aliphatic heterocycles. The van der Waals surface area contributed by atoms with Crippen molar-refractivity contribution in [1.29, 1.82) is 0 Å². The van der Waals surface area contributed by atoms with Crippen molar-refractivity contribution in [3.63, 3.8) is 0 Å². The van der Waals surface area contributed by atoms with Crippen molar-refractivity contribution < 1.29 is 4.74 Å². The monoisotopic (exact) mass is 343 g/mol. The first-order valence-electron chi connectivity index (χ1n) is 6.42. The molecule has 1 aromatic heterocycles. The molecular weight excluding hydrogens is 333 g/mol. The molecule has 2 heterocycles. The van der Waals surface area contributed by atoms with Crippen LogP contribution in [0.2, 0.25) is 15.1 Å². The van der Waals surface area contributed by atoms with Crippen molar-refractivity contribution in [2.24, 2.45) is 0 Å². The molecule has 1 fully saturated rings. The zero-order valence-corrected chi connectivity index (χ0v) is 13.2. The molecule has 0 bridgehead atoms. The van der Waals surface area contributed by atoms with Gasteiger partial charge >= 0.3 is 0 Å². The maximum absolute atomic E-state index is 6.15. The van der Waals surface area contributed by atoms with Crippen LogP contribution in [0.4, 0.5) is 5.82 Å². The third kappa shape index (κ3) is 3.24. The largest absolute Gasteiger partial charge is 0.370 e. The molecule has 2 aromatic rings. The van der Waals surface area contributed by atoms with Crippen molar-refractivity contribution in [2.75, 3.05) is 24.6 Å². The minimum atomic E-state index is -0.0976. The Hall–Kier alpha value is -1.07. The van der Waals surface area contributed by atoms with E-state index in [2.05, 4.69) is 14.9 Å². The lowest BCUT2D eigenvalue weighted by atomic mass is 10.1. The summed E-state index contributed by atoms with van der Waals surface area (Å²) in [4.78, 5) is 10.2. The highest BCUT2D eigenvalue weighted by molar-refractivity contribution is 6.42. The van der Waals surface area contributed by atoms with Crippen LogP contribution < -0.4 is 4.90 Å². The van der Waals surface area contributed by atoms with Gasteiger partial charge in [-0.2, -0.15) is 0 Å². The van der Waals surface area contributed by atoms with Crippen LogP contribution in [-0.4, -0.2) is 29.7 Å². The fourth-order valence-electron chi connectivity index (χ4n) is 2.29. The number of aromatic nitrogens is 2. The lowest BCUT2D eigenvalue weighted by molar-refractivity contribution is 0.0395. The number of benzene rings is 1. The van der Waals surface area contributed by atoms with Gasteiger partial charge in [-0.15, -0.1) is 0 Å². The van der Waals surface area contributed by atoms with Gasteiger partial charge in [0, 0.05) is 13.1 Å². The summed E-state index contributed by atoms with van der Waals surface area (Å²) in [5, 5.41) is 1.59. The molecule has 1 atom stereocenters. The normalized spacial score (nSPS) is 18.8. The summed E-state index contributed by atoms with van der Waals surface area (Å²) in [6, 6.07) is 5.53. The van der Waals surface area contributed by atoms with Gasteiger partial charge in [-0.25, -0.2) is 9.97 Å². The van der Waals surface area contributed by atoms with Gasteiger partial charge in [0.25, 0.3) is 0 Å². The van der Waals surface area contributed by atoms with Gasteiger partial charge in [0.1, 0.15) is 17.5 Å². The van der Waals surface area contributed by atoms with E-state index in [0.29, 0.717) is 28.2 Å². The van der Waals surface area contributed by atoms with E-state index in [1.807, 2.05) is 12.1 Å². The summed E-state index contributed by atoms with van der Waals surface area (Å²) >= 11 is 18.2. The minimum absolute atomic E-state index is 0.0976. The topological polar surface area (TPSA) is 38.2 Å². The number of morpholine rings is 1. The van der Waals surface area contributed by atoms with Crippen LogP contribution in [0, 0.1) is 0 Å². The SMILES string of the molecule is Clc1ccc(C2CN(c3ncncc3Cl)CCO2)cc1Cl. The van der Waals surface area contributed by atoms with Crippen molar-refractivity contribution >= 4 is 40.6 Å². The van der Waals surface area contributed by atoms with E-state index in [1.54, 1.807) is 12.3 Å². The summed E-state index contributed by atoms with van der Waals surface area (Å²) in [5.74, 6) is 0.722. The Bertz CT molecular complexity index is 653. The second kappa shape index (κ2) is 6.36. The number of nitrogens with zero attached hydrogens (tertiary/aromatic N) is 3. The van der Waals surface area contributed by atoms with Crippen LogP contribution in [-0.2, 0) is 4.74 Å². The van der Waals surface area contributed by atoms with Crippen molar-refractivity contribution in [2.45, 2.75) is 6.10 Å². The first-order chi connectivity index (χ1) is 10.1. The zero-order chi connectivity index (χ0) is 14.8. The fourth-order valence-corrected chi connectivity index (χ4v) is 2.83. The molecular formula is C14H12Cl3N3O. The van der Waals surface area contributed by atoms with E-state index >= 15 is 0 Å². The Morgan fingerprint density at radius 2 is 2.00 bits per heavy atom. The Balaban J connectivity index is 1.83. The maximum atomic E-state index is 6.15. The van der Waals surface area contributed by atoms with Gasteiger partial charge in [-0.1, -0.05) is 40.9 Å². The average molecular weight is 345 g/mol. The standard InChI is InChI=1S/C14H12Cl3N3O/c15-10-2-1-9(5-11(10)16)13-7-20(3-4-21-13)14-12(17)6-18-8-19-14/h1-2,5-6,8,13H,3-4,7H2. The van der Waals surface area contributed by atoms with Crippen molar-refractivity contribution in [3.8, 4) is 0 Å². The van der Waals surface area contributed by atoms with Crippen molar-refractivity contribution in [3.05, 3.63) is 51.4 Å². The maximum Gasteiger partial charge on any atom is 0.151 e. The first kappa shape index (κ1) is 14.9. The Morgan fingerprint density at radius 1 is 1.14 bits per heavy atom. The van der Waals surface area contributed by atoms with Gasteiger partial charge < -0.3 is 9.64 Å². The van der Waals surface area contributed by atoms with Gasteiger partial charge in [0.2, 0.25) is 0 Å². The Labute approximate surface area is 137 Å². The van der Waals surface area contributed by atoms with Gasteiger partial charge in [-0.05, 0) is 17.7 Å². The average Bonchev–Trinajstić information content (AvgIpc) is 2.51. The second-order valence-corrected chi connectivity index (χ2v) is 5.89. The Morgan fingerprint density at radius 3 is 2.76 bits per heavy atom. The molecule has 1 aliphatic rings. The molecule has 0 aliphatic carbocycles. The lowest BCUT2D eigenvalue weighted by Crippen LogP contribution is -2.39. The molecule has 21 heavy (non-hydrogen) atoms. The molecule has 0 spiro atoms. The Kier molecular flexibility index (Phi) is 4.50. The van der Waals surface area contributed by atoms with Gasteiger partial charge in [-0.3, -0.25) is 0 Å². The van der Waals surface area contributed by atoms with Crippen LogP contribution in [0.25, 0.3) is 0 Å². The molecule has 7 heteroatoms. The number of ether oxygens (including phenoxy) is 1. The van der Waals surface area contributed by atoms with Crippen LogP contribution in [0.5, 0.6) is 0 Å². The number of hydrogen-bond acceptors (Lipinski definition) is 4. The van der Waals surface area contributed by atoms with E-state index < -0.39 is 0 Å². The van der Waals surface area contributed by atoms with Crippen LogP contribution in [0.3, 0.4) is 0 Å². The minimum Gasteiger partial charge on any atom is -0.370 e. The van der Waals surface area contributed by atoms with Crippen LogP contribution in [0.1, 0.15) is 11.7 Å². The molecule has 0 radical (unpaired) electrons. The van der Waals surface area contributed by atoms with E-state index in [4.69, 9.17) is 39.5 Å². The van der Waals surface area contributed by atoms with Crippen molar-refractivity contribution in [1.82, 2.24) is 9.97 Å². The van der Waals surface area contributed by atoms with E-state index in [0.717, 1.165) is 17.9 Å². The number of hydrogen-bond donors (Lipinski definition) is 0. The summed E-state index contributed by atoms with van der Waals surface area (Å²) in [6.07, 6.45) is 2.98. The fraction of sp³-hybridized carbons (Fsp3) is 0.286.